The average molecular weight is 614 g/mol. The van der Waals surface area contributed by atoms with Crippen LogP contribution in [0.5, 0.6) is 17.2 Å². The Kier molecular flexibility index (Phi) is 11.4. The number of benzene rings is 2. The predicted molar refractivity (Wildman–Crippen MR) is 159 cm³/mol. The molecule has 2 heterocycles. The Morgan fingerprint density at radius 3 is 2.25 bits per heavy atom. The Morgan fingerprint density at radius 2 is 1.68 bits per heavy atom. The third-order valence-corrected chi connectivity index (χ3v) is 8.32. The summed E-state index contributed by atoms with van der Waals surface area (Å²) in [6.45, 7) is 10.6. The van der Waals surface area contributed by atoms with E-state index >= 15 is 0 Å². The molecule has 0 radical (unpaired) electrons. The molecule has 0 N–H and O–H groups in total. The highest BCUT2D eigenvalue weighted by Crippen LogP contribution is 2.40. The Hall–Kier alpha value is -2.64. The number of hydrogen-bond acceptors (Lipinski definition) is 10. The summed E-state index contributed by atoms with van der Waals surface area (Å²) in [5, 5.41) is 0.421. The minimum Gasteiger partial charge on any atom is -0.490 e. The van der Waals surface area contributed by atoms with E-state index in [-0.39, 0.29) is 23.2 Å². The summed E-state index contributed by atoms with van der Waals surface area (Å²) in [6.07, 6.45) is 1.16. The molecule has 13 heteroatoms. The van der Waals surface area contributed by atoms with Crippen molar-refractivity contribution >= 4 is 54.8 Å². The number of sulfone groups is 1. The van der Waals surface area contributed by atoms with Crippen molar-refractivity contribution in [2.75, 3.05) is 70.4 Å². The molecule has 0 unspecified atom stereocenters. The molecule has 40 heavy (non-hydrogen) atoms. The summed E-state index contributed by atoms with van der Waals surface area (Å²) < 4.78 is 48.5. The third kappa shape index (κ3) is 7.35. The van der Waals surface area contributed by atoms with Gasteiger partial charge in [0.2, 0.25) is 5.75 Å². The van der Waals surface area contributed by atoms with E-state index in [0.29, 0.717) is 84.3 Å². The maximum absolute atomic E-state index is 14.1. The van der Waals surface area contributed by atoms with Crippen molar-refractivity contribution in [1.29, 1.82) is 0 Å². The molecule has 1 aliphatic heterocycles. The van der Waals surface area contributed by atoms with E-state index in [2.05, 4.69) is 9.88 Å². The third-order valence-electron chi connectivity index (χ3n) is 6.15. The molecule has 0 atom stereocenters. The molecule has 1 aromatic heterocycles. The molecule has 0 aliphatic carbocycles. The summed E-state index contributed by atoms with van der Waals surface area (Å²) in [6, 6.07) is 8.37. The monoisotopic (exact) mass is 613 g/mol. The molecule has 220 valence electrons. The van der Waals surface area contributed by atoms with Gasteiger partial charge in [0.25, 0.3) is 5.91 Å². The van der Waals surface area contributed by atoms with Gasteiger partial charge in [0, 0.05) is 38.0 Å². The summed E-state index contributed by atoms with van der Waals surface area (Å²) in [4.78, 5) is 22.8. The van der Waals surface area contributed by atoms with Crippen molar-refractivity contribution < 1.29 is 32.2 Å². The van der Waals surface area contributed by atoms with Crippen LogP contribution in [0, 0.1) is 0 Å². The van der Waals surface area contributed by atoms with Gasteiger partial charge in [-0.15, -0.1) is 12.4 Å². The van der Waals surface area contributed by atoms with Gasteiger partial charge in [0.15, 0.2) is 26.5 Å². The van der Waals surface area contributed by atoms with Gasteiger partial charge in [-0.05, 0) is 45.0 Å². The highest BCUT2D eigenvalue weighted by molar-refractivity contribution is 7.91. The smallest absolute Gasteiger partial charge is 0.260 e. The number of ether oxygens (including phenoxy) is 4. The summed E-state index contributed by atoms with van der Waals surface area (Å²) in [5.41, 5.74) is 0.718. The second kappa shape index (κ2) is 14.3. The van der Waals surface area contributed by atoms with Gasteiger partial charge in [0.1, 0.15) is 5.52 Å². The number of aromatic nitrogens is 1. The number of rotatable bonds is 12. The standard InChI is InChI=1S/C27H35N3O7S2.ClH/c1-5-35-20-17-19(18-21(36-6-2)25(20)37-7-3)26(31)30(12-11-29-13-15-34-16-14-29)27-28-24-22(38-27)9-8-10-23(24)39(4,32)33;/h8-10,17-18H,5-7,11-16H2,1-4H3;1H. The van der Waals surface area contributed by atoms with Gasteiger partial charge in [-0.25, -0.2) is 13.4 Å². The van der Waals surface area contributed by atoms with E-state index in [0.717, 1.165) is 19.3 Å². The van der Waals surface area contributed by atoms with Crippen molar-refractivity contribution in [3.8, 4) is 17.2 Å². The molecular weight excluding hydrogens is 578 g/mol. The first-order valence-electron chi connectivity index (χ1n) is 13.0. The molecule has 1 amide bonds. The average Bonchev–Trinajstić information content (AvgIpc) is 3.34. The number of para-hydroxylation sites is 1. The van der Waals surface area contributed by atoms with Gasteiger partial charge in [0.05, 0.1) is 42.6 Å². The van der Waals surface area contributed by atoms with Crippen LogP contribution >= 0.6 is 23.7 Å². The number of carbonyl (C=O) groups is 1. The number of hydrogen-bond donors (Lipinski definition) is 0. The fourth-order valence-electron chi connectivity index (χ4n) is 4.34. The fourth-order valence-corrected chi connectivity index (χ4v) is 6.26. The number of nitrogens with zero attached hydrogens (tertiary/aromatic N) is 3. The molecule has 3 aromatic rings. The predicted octanol–water partition coefficient (Wildman–Crippen LogP) is 4.30. The van der Waals surface area contributed by atoms with Gasteiger partial charge < -0.3 is 18.9 Å². The van der Waals surface area contributed by atoms with Crippen molar-refractivity contribution in [3.05, 3.63) is 35.9 Å². The molecule has 4 rings (SSSR count). The van der Waals surface area contributed by atoms with Crippen LogP contribution in [0.2, 0.25) is 0 Å². The topological polar surface area (TPSA) is 108 Å². The zero-order chi connectivity index (χ0) is 28.0. The number of thiazole rings is 1. The minimum atomic E-state index is -3.51. The first-order valence-corrected chi connectivity index (χ1v) is 15.8. The summed E-state index contributed by atoms with van der Waals surface area (Å²) >= 11 is 1.28. The van der Waals surface area contributed by atoms with Gasteiger partial charge in [-0.3, -0.25) is 14.6 Å². The lowest BCUT2D eigenvalue weighted by atomic mass is 10.1. The largest absolute Gasteiger partial charge is 0.490 e. The number of carbonyl (C=O) groups excluding carboxylic acids is 1. The Balaban J connectivity index is 0.00000441. The number of anilines is 1. The Bertz CT molecular complexity index is 1380. The number of halogens is 1. The zero-order valence-corrected chi connectivity index (χ0v) is 25.6. The molecule has 0 bridgehead atoms. The second-order valence-electron chi connectivity index (χ2n) is 8.88. The molecule has 0 spiro atoms. The lowest BCUT2D eigenvalue weighted by Gasteiger charge is -2.29. The van der Waals surface area contributed by atoms with Crippen molar-refractivity contribution in [2.45, 2.75) is 25.7 Å². The highest BCUT2D eigenvalue weighted by Gasteiger charge is 2.27. The fraction of sp³-hybridized carbons (Fsp3) is 0.481. The number of morpholine rings is 1. The Labute approximate surface area is 245 Å². The molecule has 10 nitrogen and oxygen atoms in total. The van der Waals surface area contributed by atoms with Crippen LogP contribution in [0.15, 0.2) is 35.2 Å². The molecular formula is C27H36ClN3O7S2. The van der Waals surface area contributed by atoms with E-state index in [1.807, 2.05) is 26.8 Å². The molecule has 0 saturated carbocycles. The van der Waals surface area contributed by atoms with Crippen molar-refractivity contribution in [2.24, 2.45) is 0 Å². The van der Waals surface area contributed by atoms with Crippen LogP contribution in [-0.4, -0.2) is 89.7 Å². The lowest BCUT2D eigenvalue weighted by Crippen LogP contribution is -2.43. The summed E-state index contributed by atoms with van der Waals surface area (Å²) in [5.74, 6) is 0.999. The van der Waals surface area contributed by atoms with Crippen LogP contribution in [0.4, 0.5) is 5.13 Å². The van der Waals surface area contributed by atoms with Crippen LogP contribution in [0.3, 0.4) is 0 Å². The minimum absolute atomic E-state index is 0. The van der Waals surface area contributed by atoms with E-state index in [9.17, 15) is 13.2 Å². The van der Waals surface area contributed by atoms with Crippen LogP contribution in [0.25, 0.3) is 10.2 Å². The van der Waals surface area contributed by atoms with E-state index < -0.39 is 9.84 Å². The van der Waals surface area contributed by atoms with Crippen LogP contribution in [-0.2, 0) is 14.6 Å². The van der Waals surface area contributed by atoms with E-state index in [4.69, 9.17) is 18.9 Å². The first kappa shape index (κ1) is 31.9. The molecule has 1 fully saturated rings. The number of fused-ring (bicyclic) bond motifs is 1. The molecule has 1 saturated heterocycles. The number of amides is 1. The quantitative estimate of drug-likeness (QED) is 0.295. The van der Waals surface area contributed by atoms with Crippen LogP contribution in [0.1, 0.15) is 31.1 Å². The van der Waals surface area contributed by atoms with Crippen molar-refractivity contribution in [3.63, 3.8) is 0 Å². The summed E-state index contributed by atoms with van der Waals surface area (Å²) in [7, 11) is -3.51. The maximum atomic E-state index is 14.1. The first-order chi connectivity index (χ1) is 18.8. The van der Waals surface area contributed by atoms with Gasteiger partial charge in [-0.1, -0.05) is 17.4 Å². The van der Waals surface area contributed by atoms with Gasteiger partial charge >= 0.3 is 0 Å². The lowest BCUT2D eigenvalue weighted by molar-refractivity contribution is 0.0391. The van der Waals surface area contributed by atoms with E-state index in [1.165, 1.54) is 17.4 Å². The molecule has 1 aliphatic rings. The van der Waals surface area contributed by atoms with Gasteiger partial charge in [-0.2, -0.15) is 0 Å². The van der Waals surface area contributed by atoms with Crippen LogP contribution < -0.4 is 19.1 Å². The van der Waals surface area contributed by atoms with Crippen molar-refractivity contribution in [1.82, 2.24) is 9.88 Å². The second-order valence-corrected chi connectivity index (χ2v) is 11.9. The maximum Gasteiger partial charge on any atom is 0.260 e. The SMILES string of the molecule is CCOc1cc(C(=O)N(CCN2CCOCC2)c2nc3c(S(C)(=O)=O)cccc3s2)cc(OCC)c1OCC.Cl. The Morgan fingerprint density at radius 1 is 1.05 bits per heavy atom. The molecule has 2 aromatic carbocycles. The highest BCUT2D eigenvalue weighted by atomic mass is 35.5. The normalized spacial score (nSPS) is 14.0. The zero-order valence-electron chi connectivity index (χ0n) is 23.2. The van der Waals surface area contributed by atoms with E-state index in [1.54, 1.807) is 23.1 Å².